The van der Waals surface area contributed by atoms with Crippen LogP contribution in [0.4, 0.5) is 5.95 Å². The molecule has 3 rings (SSSR count). The van der Waals surface area contributed by atoms with Crippen LogP contribution in [0.2, 0.25) is 0 Å². The second-order valence-electron chi connectivity index (χ2n) is 5.39. The SMILES string of the molecule is CNS(=O)(=O)c1ccc(CC(=O)Nc2n[nH]c(C3CC3)n2)cc1. The predicted octanol–water partition coefficient (Wildman–Crippen LogP) is 0.771. The maximum absolute atomic E-state index is 12.0. The van der Waals surface area contributed by atoms with E-state index in [0.29, 0.717) is 11.5 Å². The third-order valence-corrected chi connectivity index (χ3v) is 5.02. The Balaban J connectivity index is 1.60. The van der Waals surface area contributed by atoms with Crippen LogP contribution in [0.3, 0.4) is 0 Å². The monoisotopic (exact) mass is 335 g/mol. The summed E-state index contributed by atoms with van der Waals surface area (Å²) in [6.07, 6.45) is 2.32. The van der Waals surface area contributed by atoms with E-state index >= 15 is 0 Å². The van der Waals surface area contributed by atoms with Crippen molar-refractivity contribution in [2.45, 2.75) is 30.1 Å². The van der Waals surface area contributed by atoms with E-state index in [9.17, 15) is 13.2 Å². The van der Waals surface area contributed by atoms with Crippen molar-refractivity contribution >= 4 is 21.9 Å². The fraction of sp³-hybridized carbons (Fsp3) is 0.357. The van der Waals surface area contributed by atoms with Gasteiger partial charge in [-0.05, 0) is 37.6 Å². The molecule has 9 heteroatoms. The lowest BCUT2D eigenvalue weighted by Gasteiger charge is -2.04. The number of hydrogen-bond acceptors (Lipinski definition) is 5. The first-order chi connectivity index (χ1) is 11.0. The van der Waals surface area contributed by atoms with E-state index in [4.69, 9.17) is 0 Å². The molecule has 1 fully saturated rings. The molecule has 0 saturated heterocycles. The van der Waals surface area contributed by atoms with Crippen molar-refractivity contribution in [2.24, 2.45) is 0 Å². The maximum atomic E-state index is 12.0. The molecule has 1 amide bonds. The third-order valence-electron chi connectivity index (χ3n) is 3.59. The molecule has 3 N–H and O–H groups in total. The lowest BCUT2D eigenvalue weighted by Crippen LogP contribution is -2.19. The van der Waals surface area contributed by atoms with E-state index < -0.39 is 10.0 Å². The molecule has 1 aromatic carbocycles. The standard InChI is InChI=1S/C14H17N5O3S/c1-15-23(21,22)11-6-2-9(3-7-11)8-12(20)16-14-17-13(18-19-14)10-4-5-10/h2-3,6-7,10,15H,4-5,8H2,1H3,(H2,16,17,18,19,20). The van der Waals surface area contributed by atoms with Crippen LogP contribution in [-0.4, -0.2) is 36.6 Å². The van der Waals surface area contributed by atoms with Gasteiger partial charge in [0, 0.05) is 5.92 Å². The molecule has 1 aliphatic carbocycles. The Morgan fingerprint density at radius 3 is 2.61 bits per heavy atom. The summed E-state index contributed by atoms with van der Waals surface area (Å²) in [6, 6.07) is 6.15. The Kier molecular flexibility index (Phi) is 4.14. The number of aromatic nitrogens is 3. The van der Waals surface area contributed by atoms with Crippen LogP contribution in [0.5, 0.6) is 0 Å². The number of H-pyrrole nitrogens is 1. The third kappa shape index (κ3) is 3.74. The topological polar surface area (TPSA) is 117 Å². The lowest BCUT2D eigenvalue weighted by molar-refractivity contribution is -0.115. The fourth-order valence-corrected chi connectivity index (χ4v) is 2.86. The second-order valence-corrected chi connectivity index (χ2v) is 7.28. The van der Waals surface area contributed by atoms with Crippen LogP contribution in [0.25, 0.3) is 0 Å². The van der Waals surface area contributed by atoms with Crippen molar-refractivity contribution in [1.82, 2.24) is 19.9 Å². The first kappa shape index (κ1) is 15.6. The van der Waals surface area contributed by atoms with Gasteiger partial charge >= 0.3 is 0 Å². The first-order valence-corrected chi connectivity index (χ1v) is 8.71. The number of aromatic amines is 1. The average Bonchev–Trinajstić information content (AvgIpc) is 3.28. The van der Waals surface area contributed by atoms with Crippen LogP contribution in [0.15, 0.2) is 29.2 Å². The van der Waals surface area contributed by atoms with Gasteiger partial charge in [-0.15, -0.1) is 5.10 Å². The minimum Gasteiger partial charge on any atom is -0.293 e. The summed E-state index contributed by atoms with van der Waals surface area (Å²) in [6.45, 7) is 0. The maximum Gasteiger partial charge on any atom is 0.248 e. The number of amides is 1. The first-order valence-electron chi connectivity index (χ1n) is 7.22. The largest absolute Gasteiger partial charge is 0.293 e. The number of carbonyl (C=O) groups excluding carboxylic acids is 1. The Morgan fingerprint density at radius 1 is 1.30 bits per heavy atom. The van der Waals surface area contributed by atoms with Crippen LogP contribution in [0, 0.1) is 0 Å². The molecule has 0 aliphatic heterocycles. The van der Waals surface area contributed by atoms with Crippen LogP contribution >= 0.6 is 0 Å². The van der Waals surface area contributed by atoms with Gasteiger partial charge in [-0.1, -0.05) is 12.1 Å². The van der Waals surface area contributed by atoms with Gasteiger partial charge in [0.1, 0.15) is 5.82 Å². The number of rotatable bonds is 6. The molecular weight excluding hydrogens is 318 g/mol. The summed E-state index contributed by atoms with van der Waals surface area (Å²) in [5.41, 5.74) is 0.704. The van der Waals surface area contributed by atoms with Gasteiger partial charge in [0.05, 0.1) is 11.3 Å². The second kappa shape index (κ2) is 6.09. The van der Waals surface area contributed by atoms with Crippen molar-refractivity contribution in [2.75, 3.05) is 12.4 Å². The quantitative estimate of drug-likeness (QED) is 0.721. The van der Waals surface area contributed by atoms with Gasteiger partial charge in [0.25, 0.3) is 0 Å². The Bertz CT molecular complexity index is 809. The van der Waals surface area contributed by atoms with Crippen molar-refractivity contribution < 1.29 is 13.2 Å². The van der Waals surface area contributed by atoms with E-state index in [-0.39, 0.29) is 23.2 Å². The lowest BCUT2D eigenvalue weighted by atomic mass is 10.1. The van der Waals surface area contributed by atoms with Crippen molar-refractivity contribution in [1.29, 1.82) is 0 Å². The zero-order chi connectivity index (χ0) is 16.4. The van der Waals surface area contributed by atoms with Crippen LogP contribution in [0.1, 0.15) is 30.1 Å². The molecule has 1 saturated carbocycles. The highest BCUT2D eigenvalue weighted by Crippen LogP contribution is 2.38. The van der Waals surface area contributed by atoms with Gasteiger partial charge in [0.2, 0.25) is 21.9 Å². The number of hydrogen-bond donors (Lipinski definition) is 3. The normalized spacial score (nSPS) is 14.7. The molecule has 1 aromatic heterocycles. The molecule has 1 aliphatic rings. The van der Waals surface area contributed by atoms with E-state index in [0.717, 1.165) is 18.7 Å². The zero-order valence-electron chi connectivity index (χ0n) is 12.5. The summed E-state index contributed by atoms with van der Waals surface area (Å²) in [5, 5.41) is 9.41. The minimum atomic E-state index is -3.47. The Labute approximate surface area is 133 Å². The Hall–Kier alpha value is -2.26. The average molecular weight is 335 g/mol. The summed E-state index contributed by atoms with van der Waals surface area (Å²) >= 11 is 0. The van der Waals surface area contributed by atoms with Gasteiger partial charge in [-0.2, -0.15) is 4.98 Å². The number of nitrogens with zero attached hydrogens (tertiary/aromatic N) is 2. The number of anilines is 1. The van der Waals surface area contributed by atoms with Crippen molar-refractivity contribution in [3.8, 4) is 0 Å². The number of benzene rings is 1. The number of nitrogens with one attached hydrogen (secondary N) is 3. The highest BCUT2D eigenvalue weighted by atomic mass is 32.2. The molecule has 0 radical (unpaired) electrons. The summed E-state index contributed by atoms with van der Waals surface area (Å²) in [5.74, 6) is 1.26. The summed E-state index contributed by atoms with van der Waals surface area (Å²) in [7, 11) is -2.12. The highest BCUT2D eigenvalue weighted by molar-refractivity contribution is 7.89. The van der Waals surface area contributed by atoms with Gasteiger partial charge < -0.3 is 0 Å². The molecule has 1 heterocycles. The molecular formula is C14H17N5O3S. The molecule has 0 bridgehead atoms. The van der Waals surface area contributed by atoms with E-state index in [1.54, 1.807) is 12.1 Å². The molecule has 0 unspecified atom stereocenters. The molecule has 0 spiro atoms. The summed E-state index contributed by atoms with van der Waals surface area (Å²) < 4.78 is 25.5. The van der Waals surface area contributed by atoms with Crippen LogP contribution < -0.4 is 10.0 Å². The minimum absolute atomic E-state index is 0.118. The predicted molar refractivity (Wildman–Crippen MR) is 83.4 cm³/mol. The molecule has 8 nitrogen and oxygen atoms in total. The van der Waals surface area contributed by atoms with E-state index in [2.05, 4.69) is 25.2 Å². The highest BCUT2D eigenvalue weighted by Gasteiger charge is 2.27. The van der Waals surface area contributed by atoms with Gasteiger partial charge in [-0.3, -0.25) is 15.2 Å². The molecule has 122 valence electrons. The summed E-state index contributed by atoms with van der Waals surface area (Å²) in [4.78, 5) is 16.4. The van der Waals surface area contributed by atoms with Gasteiger partial charge in [-0.25, -0.2) is 13.1 Å². The zero-order valence-corrected chi connectivity index (χ0v) is 13.4. The van der Waals surface area contributed by atoms with E-state index in [1.807, 2.05) is 0 Å². The van der Waals surface area contributed by atoms with Gasteiger partial charge in [0.15, 0.2) is 0 Å². The van der Waals surface area contributed by atoms with Crippen molar-refractivity contribution in [3.63, 3.8) is 0 Å². The van der Waals surface area contributed by atoms with E-state index in [1.165, 1.54) is 19.2 Å². The number of sulfonamides is 1. The molecule has 0 atom stereocenters. The number of carbonyl (C=O) groups is 1. The van der Waals surface area contributed by atoms with Crippen molar-refractivity contribution in [3.05, 3.63) is 35.7 Å². The smallest absolute Gasteiger partial charge is 0.248 e. The van der Waals surface area contributed by atoms with Crippen LogP contribution in [-0.2, 0) is 21.2 Å². The molecule has 2 aromatic rings. The molecule has 23 heavy (non-hydrogen) atoms. The fourth-order valence-electron chi connectivity index (χ4n) is 2.13. The Morgan fingerprint density at radius 2 is 2.00 bits per heavy atom.